The van der Waals surface area contributed by atoms with Crippen molar-refractivity contribution in [1.82, 2.24) is 15.2 Å². The van der Waals surface area contributed by atoms with E-state index >= 15 is 0 Å². The van der Waals surface area contributed by atoms with Crippen LogP contribution in [0.25, 0.3) is 10.9 Å². The maximum atomic E-state index is 12.5. The highest BCUT2D eigenvalue weighted by Crippen LogP contribution is 2.21. The lowest BCUT2D eigenvalue weighted by molar-refractivity contribution is 0.102. The van der Waals surface area contributed by atoms with Crippen molar-refractivity contribution in [3.8, 4) is 0 Å². The van der Waals surface area contributed by atoms with Gasteiger partial charge in [-0.2, -0.15) is 0 Å². The fourth-order valence-corrected chi connectivity index (χ4v) is 3.51. The van der Waals surface area contributed by atoms with E-state index in [1.807, 2.05) is 36.4 Å². The number of aromatic amines is 1. The molecule has 2 aromatic heterocycles. The van der Waals surface area contributed by atoms with Gasteiger partial charge in [-0.25, -0.2) is 0 Å². The molecule has 4 aromatic rings. The van der Waals surface area contributed by atoms with Gasteiger partial charge in [0.1, 0.15) is 0 Å². The van der Waals surface area contributed by atoms with Gasteiger partial charge in [0.25, 0.3) is 5.91 Å². The molecule has 0 unspecified atom stereocenters. The molecule has 2 N–H and O–H groups in total. The lowest BCUT2D eigenvalue weighted by Gasteiger charge is -2.01. The number of nitrogens with one attached hydrogen (secondary N) is 2. The molecule has 0 saturated carbocycles. The first-order chi connectivity index (χ1) is 13.2. The zero-order valence-corrected chi connectivity index (χ0v) is 15.5. The Morgan fingerprint density at radius 3 is 2.78 bits per heavy atom. The smallest absolute Gasteiger partial charge is 0.322 e. The number of rotatable bonds is 6. The van der Waals surface area contributed by atoms with E-state index < -0.39 is 0 Å². The van der Waals surface area contributed by atoms with Gasteiger partial charge in [0, 0.05) is 22.0 Å². The van der Waals surface area contributed by atoms with Crippen LogP contribution < -0.4 is 5.32 Å². The molecule has 136 valence electrons. The predicted octanol–water partition coefficient (Wildman–Crippen LogP) is 4.51. The van der Waals surface area contributed by atoms with Crippen LogP contribution in [0.1, 0.15) is 28.7 Å². The summed E-state index contributed by atoms with van der Waals surface area (Å²) in [6.45, 7) is 2.13. The predicted molar refractivity (Wildman–Crippen MR) is 106 cm³/mol. The summed E-state index contributed by atoms with van der Waals surface area (Å²) in [4.78, 5) is 16.8. The van der Waals surface area contributed by atoms with Crippen molar-refractivity contribution in [2.24, 2.45) is 0 Å². The van der Waals surface area contributed by atoms with Crippen LogP contribution in [0, 0.1) is 0 Å². The third-order valence-electron chi connectivity index (χ3n) is 4.11. The second-order valence-electron chi connectivity index (χ2n) is 5.96. The zero-order valence-electron chi connectivity index (χ0n) is 14.7. The van der Waals surface area contributed by atoms with E-state index in [1.54, 1.807) is 18.0 Å². The fraction of sp³-hybridized carbons (Fsp3) is 0.150. The monoisotopic (exact) mass is 378 g/mol. The number of amides is 1. The molecular formula is C20H18N4O2S. The molecule has 0 saturated heterocycles. The van der Waals surface area contributed by atoms with Crippen molar-refractivity contribution in [3.63, 3.8) is 0 Å². The standard InChI is InChI=1S/C20H18N4O2S/c1-2-27-14-9-7-13(8-10-14)11-18-23-24-20(26-18)22-19(25)16-12-21-17-6-4-3-5-15(16)17/h3-10,12,21H,2,11H2,1H3,(H,22,24,25). The molecule has 0 aliphatic rings. The van der Waals surface area contributed by atoms with E-state index in [2.05, 4.69) is 39.6 Å². The molecule has 2 aromatic carbocycles. The first-order valence-electron chi connectivity index (χ1n) is 8.64. The van der Waals surface area contributed by atoms with Gasteiger partial charge in [0.15, 0.2) is 0 Å². The average Bonchev–Trinajstić information content (AvgIpc) is 3.30. The minimum atomic E-state index is -0.288. The highest BCUT2D eigenvalue weighted by molar-refractivity contribution is 7.99. The summed E-state index contributed by atoms with van der Waals surface area (Å²) in [5.41, 5.74) is 2.52. The number of aromatic nitrogens is 3. The molecule has 0 aliphatic carbocycles. The summed E-state index contributed by atoms with van der Waals surface area (Å²) < 4.78 is 5.58. The summed E-state index contributed by atoms with van der Waals surface area (Å²) in [6, 6.07) is 16.0. The summed E-state index contributed by atoms with van der Waals surface area (Å²) >= 11 is 1.80. The number of fused-ring (bicyclic) bond motifs is 1. The number of benzene rings is 2. The number of carbonyl (C=O) groups excluding carboxylic acids is 1. The van der Waals surface area contributed by atoms with Crippen LogP contribution in [0.3, 0.4) is 0 Å². The van der Waals surface area contributed by atoms with Crippen molar-refractivity contribution in [3.05, 3.63) is 71.7 Å². The van der Waals surface area contributed by atoms with Crippen LogP contribution in [-0.2, 0) is 6.42 Å². The number of carbonyl (C=O) groups is 1. The van der Waals surface area contributed by atoms with E-state index in [0.29, 0.717) is 17.9 Å². The molecule has 0 atom stereocenters. The molecule has 2 heterocycles. The normalized spacial score (nSPS) is 11.0. The van der Waals surface area contributed by atoms with E-state index in [9.17, 15) is 4.79 Å². The maximum absolute atomic E-state index is 12.5. The number of thioether (sulfide) groups is 1. The van der Waals surface area contributed by atoms with E-state index in [4.69, 9.17) is 4.42 Å². The minimum Gasteiger partial charge on any atom is -0.407 e. The second-order valence-corrected chi connectivity index (χ2v) is 7.29. The van der Waals surface area contributed by atoms with Crippen LogP contribution >= 0.6 is 11.8 Å². The Morgan fingerprint density at radius 2 is 1.96 bits per heavy atom. The molecule has 0 spiro atoms. The van der Waals surface area contributed by atoms with Gasteiger partial charge in [-0.05, 0) is 29.5 Å². The maximum Gasteiger partial charge on any atom is 0.322 e. The molecule has 0 aliphatic heterocycles. The lowest BCUT2D eigenvalue weighted by atomic mass is 10.1. The van der Waals surface area contributed by atoms with Crippen molar-refractivity contribution >= 4 is 34.6 Å². The summed E-state index contributed by atoms with van der Waals surface area (Å²) in [5, 5.41) is 11.5. The molecule has 0 fully saturated rings. The first kappa shape index (κ1) is 17.4. The number of para-hydroxylation sites is 1. The van der Waals surface area contributed by atoms with Gasteiger partial charge in [0.2, 0.25) is 5.89 Å². The van der Waals surface area contributed by atoms with Crippen LogP contribution in [0.2, 0.25) is 0 Å². The van der Waals surface area contributed by atoms with Gasteiger partial charge in [-0.1, -0.05) is 42.4 Å². The van der Waals surface area contributed by atoms with Crippen LogP contribution in [0.15, 0.2) is 64.0 Å². The van der Waals surface area contributed by atoms with Crippen molar-refractivity contribution in [2.45, 2.75) is 18.2 Å². The van der Waals surface area contributed by atoms with Gasteiger partial charge in [-0.3, -0.25) is 10.1 Å². The Labute approximate surface area is 160 Å². The van der Waals surface area contributed by atoms with Crippen molar-refractivity contribution in [1.29, 1.82) is 0 Å². The van der Waals surface area contributed by atoms with Crippen LogP contribution in [-0.4, -0.2) is 26.8 Å². The topological polar surface area (TPSA) is 83.8 Å². The summed E-state index contributed by atoms with van der Waals surface area (Å²) in [7, 11) is 0. The first-order valence-corrected chi connectivity index (χ1v) is 9.63. The molecule has 1 amide bonds. The SMILES string of the molecule is CCSc1ccc(Cc2nnc(NC(=O)c3c[nH]c4ccccc34)o2)cc1. The molecule has 0 bridgehead atoms. The minimum absolute atomic E-state index is 0.0958. The summed E-state index contributed by atoms with van der Waals surface area (Å²) in [6.07, 6.45) is 2.19. The van der Waals surface area contributed by atoms with E-state index in [0.717, 1.165) is 22.2 Å². The quantitative estimate of drug-likeness (QED) is 0.483. The molecule has 7 heteroatoms. The largest absolute Gasteiger partial charge is 0.407 e. The molecule has 6 nitrogen and oxygen atoms in total. The van der Waals surface area contributed by atoms with Gasteiger partial charge >= 0.3 is 6.01 Å². The number of H-pyrrole nitrogens is 1. The number of nitrogens with zero attached hydrogens (tertiary/aromatic N) is 2. The number of anilines is 1. The average molecular weight is 378 g/mol. The van der Waals surface area contributed by atoms with Crippen molar-refractivity contribution < 1.29 is 9.21 Å². The summed E-state index contributed by atoms with van der Waals surface area (Å²) in [5.74, 6) is 1.21. The highest BCUT2D eigenvalue weighted by atomic mass is 32.2. The third-order valence-corrected chi connectivity index (χ3v) is 5.01. The lowest BCUT2D eigenvalue weighted by Crippen LogP contribution is -2.11. The van der Waals surface area contributed by atoms with Crippen LogP contribution in [0.4, 0.5) is 6.01 Å². The highest BCUT2D eigenvalue weighted by Gasteiger charge is 2.15. The van der Waals surface area contributed by atoms with Gasteiger partial charge in [-0.15, -0.1) is 16.9 Å². The van der Waals surface area contributed by atoms with Gasteiger partial charge in [0.05, 0.1) is 12.0 Å². The van der Waals surface area contributed by atoms with E-state index in [1.165, 1.54) is 4.90 Å². The molecule has 0 radical (unpaired) electrons. The Balaban J connectivity index is 1.44. The van der Waals surface area contributed by atoms with Gasteiger partial charge < -0.3 is 9.40 Å². The fourth-order valence-electron chi connectivity index (χ4n) is 2.84. The Kier molecular flexibility index (Phi) is 4.93. The Hall–Kier alpha value is -3.06. The second kappa shape index (κ2) is 7.67. The van der Waals surface area contributed by atoms with Crippen molar-refractivity contribution in [2.75, 3.05) is 11.1 Å². The molecule has 4 rings (SSSR count). The van der Waals surface area contributed by atoms with E-state index in [-0.39, 0.29) is 11.9 Å². The third kappa shape index (κ3) is 3.88. The number of hydrogen-bond acceptors (Lipinski definition) is 5. The zero-order chi connectivity index (χ0) is 18.6. The number of hydrogen-bond donors (Lipinski definition) is 2. The Morgan fingerprint density at radius 1 is 1.15 bits per heavy atom. The molecular weight excluding hydrogens is 360 g/mol. The van der Waals surface area contributed by atoms with Crippen LogP contribution in [0.5, 0.6) is 0 Å². The molecule has 27 heavy (non-hydrogen) atoms. The Bertz CT molecular complexity index is 1070.